The van der Waals surface area contributed by atoms with E-state index in [1.54, 1.807) is 12.5 Å². The van der Waals surface area contributed by atoms with Crippen molar-refractivity contribution in [1.82, 2.24) is 35.3 Å². The minimum absolute atomic E-state index is 0.561. The van der Waals surface area contributed by atoms with E-state index in [1.807, 2.05) is 0 Å². The van der Waals surface area contributed by atoms with Crippen LogP contribution in [0.15, 0.2) is 18.9 Å². The van der Waals surface area contributed by atoms with Crippen LogP contribution in [-0.2, 0) is 6.54 Å². The highest BCUT2D eigenvalue weighted by Gasteiger charge is 2.05. The van der Waals surface area contributed by atoms with Crippen LogP contribution in [0.2, 0.25) is 0 Å². The number of aromatic amines is 2. The maximum absolute atomic E-state index is 4.13. The first-order chi connectivity index (χ1) is 7.93. The highest BCUT2D eigenvalue weighted by Crippen LogP contribution is 2.14. The normalized spacial score (nSPS) is 10.8. The maximum Gasteiger partial charge on any atom is 0.162 e. The molecule has 0 aromatic carbocycles. The van der Waals surface area contributed by atoms with E-state index in [9.17, 15) is 0 Å². The smallest absolute Gasteiger partial charge is 0.162 e. The van der Waals surface area contributed by atoms with Gasteiger partial charge in [0.2, 0.25) is 0 Å². The van der Waals surface area contributed by atoms with Crippen molar-refractivity contribution in [2.75, 3.05) is 5.32 Å². The number of fused-ring (bicyclic) bond motifs is 1. The molecule has 0 spiro atoms. The number of aromatic nitrogens is 7. The Morgan fingerprint density at radius 1 is 1.25 bits per heavy atom. The lowest BCUT2D eigenvalue weighted by molar-refractivity contribution is 0.909. The zero-order valence-electron chi connectivity index (χ0n) is 8.18. The fraction of sp³-hybridized carbons (Fsp3) is 0.125. The first-order valence-corrected chi connectivity index (χ1v) is 4.66. The molecule has 0 fully saturated rings. The molecular weight excluding hydrogens is 208 g/mol. The van der Waals surface area contributed by atoms with E-state index >= 15 is 0 Å². The number of nitrogens with one attached hydrogen (secondary N) is 3. The summed E-state index contributed by atoms with van der Waals surface area (Å²) in [6.45, 7) is 0.561. The summed E-state index contributed by atoms with van der Waals surface area (Å²) < 4.78 is 0. The maximum atomic E-state index is 4.13. The van der Waals surface area contributed by atoms with Gasteiger partial charge in [0, 0.05) is 0 Å². The molecule has 3 aromatic rings. The molecule has 3 aromatic heterocycles. The van der Waals surface area contributed by atoms with Crippen LogP contribution in [-0.4, -0.2) is 35.3 Å². The molecule has 0 unspecified atom stereocenters. The fourth-order valence-corrected chi connectivity index (χ4v) is 1.38. The van der Waals surface area contributed by atoms with Crippen LogP contribution in [0.5, 0.6) is 0 Å². The van der Waals surface area contributed by atoms with E-state index in [-0.39, 0.29) is 0 Å². The lowest BCUT2D eigenvalue weighted by Crippen LogP contribution is -2.02. The predicted molar refractivity (Wildman–Crippen MR) is 55.4 cm³/mol. The Balaban J connectivity index is 1.86. The van der Waals surface area contributed by atoms with Gasteiger partial charge in [0.25, 0.3) is 0 Å². The molecule has 3 heterocycles. The summed E-state index contributed by atoms with van der Waals surface area (Å²) >= 11 is 0. The van der Waals surface area contributed by atoms with Crippen molar-refractivity contribution in [3.05, 3.63) is 24.5 Å². The number of hydrogen-bond acceptors (Lipinski definition) is 6. The molecule has 0 aliphatic carbocycles. The molecule has 0 aliphatic heterocycles. The standard InChI is InChI=1S/C8H8N8/c1(5-2-14-16-15-5)9-7-6-8(11-3-10-6)13-4-12-7/h2-4H,1H2,(H,14,15,16)(H2,9,10,11,12,13). The number of hydrogen-bond donors (Lipinski definition) is 3. The number of rotatable bonds is 3. The van der Waals surface area contributed by atoms with Gasteiger partial charge >= 0.3 is 0 Å². The largest absolute Gasteiger partial charge is 0.362 e. The van der Waals surface area contributed by atoms with Gasteiger partial charge < -0.3 is 10.3 Å². The second-order valence-corrected chi connectivity index (χ2v) is 3.16. The summed E-state index contributed by atoms with van der Waals surface area (Å²) in [6.07, 6.45) is 4.71. The molecule has 0 radical (unpaired) electrons. The molecule has 0 bridgehead atoms. The van der Waals surface area contributed by atoms with Crippen LogP contribution in [0, 0.1) is 0 Å². The average Bonchev–Trinajstić information content (AvgIpc) is 2.97. The zero-order valence-corrected chi connectivity index (χ0v) is 8.18. The van der Waals surface area contributed by atoms with E-state index in [1.165, 1.54) is 6.33 Å². The van der Waals surface area contributed by atoms with E-state index in [4.69, 9.17) is 0 Å². The van der Waals surface area contributed by atoms with Gasteiger partial charge in [-0.2, -0.15) is 0 Å². The third-order valence-corrected chi connectivity index (χ3v) is 2.13. The Hall–Kier alpha value is -2.51. The van der Waals surface area contributed by atoms with Crippen molar-refractivity contribution >= 4 is 17.0 Å². The minimum Gasteiger partial charge on any atom is -0.362 e. The van der Waals surface area contributed by atoms with Crippen LogP contribution >= 0.6 is 0 Å². The third-order valence-electron chi connectivity index (χ3n) is 2.13. The molecule has 16 heavy (non-hydrogen) atoms. The number of anilines is 1. The SMILES string of the molecule is c1nc(NCc2cnn[nH]2)c2nc[nH]c2n1. The van der Waals surface area contributed by atoms with E-state index in [2.05, 4.69) is 40.7 Å². The van der Waals surface area contributed by atoms with Crippen LogP contribution in [0.4, 0.5) is 5.82 Å². The molecule has 8 nitrogen and oxygen atoms in total. The zero-order chi connectivity index (χ0) is 10.8. The fourth-order valence-electron chi connectivity index (χ4n) is 1.38. The summed E-state index contributed by atoms with van der Waals surface area (Å²) in [5, 5.41) is 13.2. The van der Waals surface area contributed by atoms with Gasteiger partial charge in [0.05, 0.1) is 24.8 Å². The van der Waals surface area contributed by atoms with E-state index < -0.39 is 0 Å². The summed E-state index contributed by atoms with van der Waals surface area (Å²) in [5.74, 6) is 0.681. The second kappa shape index (κ2) is 3.57. The monoisotopic (exact) mass is 216 g/mol. The van der Waals surface area contributed by atoms with Crippen LogP contribution in [0.1, 0.15) is 5.69 Å². The first kappa shape index (κ1) is 8.77. The van der Waals surface area contributed by atoms with E-state index in [0.717, 1.165) is 11.2 Å². The highest BCUT2D eigenvalue weighted by molar-refractivity contribution is 5.81. The first-order valence-electron chi connectivity index (χ1n) is 4.66. The van der Waals surface area contributed by atoms with Gasteiger partial charge in [0.1, 0.15) is 11.8 Å². The quantitative estimate of drug-likeness (QED) is 0.572. The minimum atomic E-state index is 0.561. The highest BCUT2D eigenvalue weighted by atomic mass is 15.3. The predicted octanol–water partition coefficient (Wildman–Crippen LogP) is 0.0831. The van der Waals surface area contributed by atoms with Crippen molar-refractivity contribution in [1.29, 1.82) is 0 Å². The van der Waals surface area contributed by atoms with Crippen LogP contribution in [0.25, 0.3) is 11.2 Å². The molecule has 3 rings (SSSR count). The van der Waals surface area contributed by atoms with Crippen molar-refractivity contribution in [3.63, 3.8) is 0 Å². The van der Waals surface area contributed by atoms with Crippen LogP contribution < -0.4 is 5.32 Å². The second-order valence-electron chi connectivity index (χ2n) is 3.16. The molecule has 0 aliphatic rings. The molecule has 8 heteroatoms. The van der Waals surface area contributed by atoms with Crippen molar-refractivity contribution in [2.45, 2.75) is 6.54 Å². The molecule has 0 saturated carbocycles. The van der Waals surface area contributed by atoms with Gasteiger partial charge in [-0.25, -0.2) is 15.0 Å². The van der Waals surface area contributed by atoms with Gasteiger partial charge in [-0.3, -0.25) is 5.10 Å². The summed E-state index contributed by atoms with van der Waals surface area (Å²) in [4.78, 5) is 15.2. The van der Waals surface area contributed by atoms with Gasteiger partial charge in [-0.05, 0) is 0 Å². The molecule has 80 valence electrons. The lowest BCUT2D eigenvalue weighted by atomic mass is 10.4. The molecule has 0 saturated heterocycles. The molecular formula is C8H8N8. The van der Waals surface area contributed by atoms with Crippen molar-refractivity contribution in [2.24, 2.45) is 0 Å². The molecule has 0 amide bonds. The van der Waals surface area contributed by atoms with E-state index in [0.29, 0.717) is 18.0 Å². The molecule has 0 atom stereocenters. The van der Waals surface area contributed by atoms with Gasteiger partial charge in [0.15, 0.2) is 11.5 Å². The van der Waals surface area contributed by atoms with Crippen molar-refractivity contribution < 1.29 is 0 Å². The van der Waals surface area contributed by atoms with Crippen LogP contribution in [0.3, 0.4) is 0 Å². The number of H-pyrrole nitrogens is 2. The van der Waals surface area contributed by atoms with Gasteiger partial charge in [-0.15, -0.1) is 5.10 Å². The van der Waals surface area contributed by atoms with Crippen molar-refractivity contribution in [3.8, 4) is 0 Å². The van der Waals surface area contributed by atoms with Gasteiger partial charge in [-0.1, -0.05) is 5.21 Å². The Morgan fingerprint density at radius 2 is 2.25 bits per heavy atom. The lowest BCUT2D eigenvalue weighted by Gasteiger charge is -2.02. The number of nitrogens with zero attached hydrogens (tertiary/aromatic N) is 5. The molecule has 3 N–H and O–H groups in total. The summed E-state index contributed by atoms with van der Waals surface area (Å²) in [7, 11) is 0. The Kier molecular flexibility index (Phi) is 1.96. The average molecular weight is 216 g/mol. The topological polar surface area (TPSA) is 108 Å². The summed E-state index contributed by atoms with van der Waals surface area (Å²) in [6, 6.07) is 0. The number of imidazole rings is 1. The Bertz CT molecular complexity index is 583. The Labute approximate surface area is 89.5 Å². The summed E-state index contributed by atoms with van der Waals surface area (Å²) in [5.41, 5.74) is 2.30. The third kappa shape index (κ3) is 1.45. The Morgan fingerprint density at radius 3 is 3.12 bits per heavy atom.